The summed E-state index contributed by atoms with van der Waals surface area (Å²) < 4.78 is 25.2. The molecule has 3 rings (SSSR count). The molecule has 0 bridgehead atoms. The number of hydrogen-bond acceptors (Lipinski definition) is 6. The highest BCUT2D eigenvalue weighted by Crippen LogP contribution is 2.25. The number of anilines is 2. The Balaban J connectivity index is 1.83. The lowest BCUT2D eigenvalue weighted by Gasteiger charge is -2.17. The summed E-state index contributed by atoms with van der Waals surface area (Å²) in [5, 5.41) is 11.5. The summed E-state index contributed by atoms with van der Waals surface area (Å²) in [7, 11) is -3.26. The molecule has 1 aliphatic heterocycles. The largest absolute Gasteiger partial charge is 0.296 e. The maximum Gasteiger partial charge on any atom is 0.257 e. The molecule has 1 aliphatic rings. The number of benzene rings is 1. The summed E-state index contributed by atoms with van der Waals surface area (Å²) in [4.78, 5) is 12.2. The van der Waals surface area contributed by atoms with Gasteiger partial charge in [-0.25, -0.2) is 8.42 Å². The predicted molar refractivity (Wildman–Crippen MR) is 84.8 cm³/mol. The minimum atomic E-state index is -3.26. The molecular formula is C13H14N4O3S2. The summed E-state index contributed by atoms with van der Waals surface area (Å²) >= 11 is 1.28. The number of nitrogens with zero attached hydrogens (tertiary/aromatic N) is 3. The van der Waals surface area contributed by atoms with Crippen molar-refractivity contribution in [2.24, 2.45) is 0 Å². The Hall–Kier alpha value is -2.00. The lowest BCUT2D eigenvalue weighted by Crippen LogP contribution is -2.25. The fourth-order valence-corrected chi connectivity index (χ4v) is 4.39. The Kier molecular flexibility index (Phi) is 3.83. The highest BCUT2D eigenvalue weighted by atomic mass is 32.2. The molecule has 0 aliphatic carbocycles. The number of aromatic nitrogens is 2. The minimum Gasteiger partial charge on any atom is -0.296 e. The van der Waals surface area contributed by atoms with Gasteiger partial charge in [-0.1, -0.05) is 17.4 Å². The van der Waals surface area contributed by atoms with Crippen LogP contribution < -0.4 is 9.62 Å². The van der Waals surface area contributed by atoms with E-state index in [9.17, 15) is 13.2 Å². The maximum absolute atomic E-state index is 12.2. The van der Waals surface area contributed by atoms with Crippen LogP contribution in [0.4, 0.5) is 10.8 Å². The Bertz CT molecular complexity index is 816. The Morgan fingerprint density at radius 3 is 2.82 bits per heavy atom. The molecule has 116 valence electrons. The van der Waals surface area contributed by atoms with Crippen molar-refractivity contribution in [3.63, 3.8) is 0 Å². The van der Waals surface area contributed by atoms with E-state index in [2.05, 4.69) is 15.5 Å². The van der Waals surface area contributed by atoms with Gasteiger partial charge in [-0.15, -0.1) is 10.2 Å². The molecule has 1 aromatic carbocycles. The maximum atomic E-state index is 12.2. The molecule has 2 aromatic rings. The smallest absolute Gasteiger partial charge is 0.257 e. The summed E-state index contributed by atoms with van der Waals surface area (Å²) in [5.41, 5.74) is 0.894. The van der Waals surface area contributed by atoms with Gasteiger partial charge in [0.25, 0.3) is 5.91 Å². The first-order chi connectivity index (χ1) is 10.5. The second-order valence-corrected chi connectivity index (χ2v) is 8.07. The Labute approximate surface area is 132 Å². The van der Waals surface area contributed by atoms with Crippen molar-refractivity contribution in [1.29, 1.82) is 0 Å². The fraction of sp³-hybridized carbons (Fsp3) is 0.308. The normalized spacial score (nSPS) is 16.7. The number of sulfonamides is 1. The number of amides is 1. The van der Waals surface area contributed by atoms with Gasteiger partial charge in [-0.3, -0.25) is 14.4 Å². The Morgan fingerprint density at radius 1 is 1.36 bits per heavy atom. The van der Waals surface area contributed by atoms with Crippen LogP contribution in [0.2, 0.25) is 0 Å². The molecule has 1 saturated heterocycles. The van der Waals surface area contributed by atoms with Crippen molar-refractivity contribution in [2.75, 3.05) is 21.9 Å². The van der Waals surface area contributed by atoms with Gasteiger partial charge in [0, 0.05) is 12.1 Å². The van der Waals surface area contributed by atoms with E-state index in [1.807, 2.05) is 0 Å². The van der Waals surface area contributed by atoms with Gasteiger partial charge >= 0.3 is 0 Å². The first-order valence-electron chi connectivity index (χ1n) is 6.68. The third-order valence-corrected chi connectivity index (χ3v) is 5.87. The second kappa shape index (κ2) is 5.65. The standard InChI is InChI=1S/C13H14N4O3S2/c1-9-15-16-13(21-9)14-12(18)10-4-2-5-11(8-10)17-6-3-7-22(17,19)20/h2,4-5,8H,3,6-7H2,1H3,(H,14,16,18). The van der Waals surface area contributed by atoms with Crippen molar-refractivity contribution in [1.82, 2.24) is 10.2 Å². The number of hydrogen-bond donors (Lipinski definition) is 1. The lowest BCUT2D eigenvalue weighted by molar-refractivity contribution is 0.102. The average Bonchev–Trinajstić information content (AvgIpc) is 3.04. The predicted octanol–water partition coefficient (Wildman–Crippen LogP) is 1.64. The molecule has 0 spiro atoms. The second-order valence-electron chi connectivity index (χ2n) is 4.87. The zero-order chi connectivity index (χ0) is 15.7. The van der Waals surface area contributed by atoms with Crippen LogP contribution in [0.25, 0.3) is 0 Å². The van der Waals surface area contributed by atoms with Crippen molar-refractivity contribution in [2.45, 2.75) is 13.3 Å². The molecule has 1 fully saturated rings. The van der Waals surface area contributed by atoms with Gasteiger partial charge in [0.1, 0.15) is 5.01 Å². The molecule has 0 radical (unpaired) electrons. The SMILES string of the molecule is Cc1nnc(NC(=O)c2cccc(N3CCCS3(=O)=O)c2)s1. The van der Waals surface area contributed by atoms with Crippen molar-refractivity contribution in [3.8, 4) is 0 Å². The van der Waals surface area contributed by atoms with Crippen LogP contribution in [0.3, 0.4) is 0 Å². The van der Waals surface area contributed by atoms with Crippen LogP contribution >= 0.6 is 11.3 Å². The van der Waals surface area contributed by atoms with Crippen molar-refractivity contribution < 1.29 is 13.2 Å². The molecule has 0 atom stereocenters. The van der Waals surface area contributed by atoms with Crippen LogP contribution in [-0.4, -0.2) is 36.8 Å². The van der Waals surface area contributed by atoms with Gasteiger partial charge in [0.05, 0.1) is 11.4 Å². The molecule has 22 heavy (non-hydrogen) atoms. The molecule has 1 aromatic heterocycles. The molecular weight excluding hydrogens is 324 g/mol. The number of carbonyl (C=O) groups excluding carboxylic acids is 1. The summed E-state index contributed by atoms with van der Waals surface area (Å²) in [6.07, 6.45) is 0.600. The quantitative estimate of drug-likeness (QED) is 0.918. The molecule has 9 heteroatoms. The van der Waals surface area contributed by atoms with E-state index in [-0.39, 0.29) is 11.7 Å². The van der Waals surface area contributed by atoms with E-state index in [4.69, 9.17) is 0 Å². The van der Waals surface area contributed by atoms with E-state index < -0.39 is 10.0 Å². The Morgan fingerprint density at radius 2 is 2.18 bits per heavy atom. The number of carbonyl (C=O) groups is 1. The number of nitrogens with one attached hydrogen (secondary N) is 1. The molecule has 7 nitrogen and oxygen atoms in total. The minimum absolute atomic E-state index is 0.146. The summed E-state index contributed by atoms with van der Waals surface area (Å²) in [5.74, 6) is -0.192. The van der Waals surface area contributed by atoms with Gasteiger partial charge in [-0.2, -0.15) is 0 Å². The first-order valence-corrected chi connectivity index (χ1v) is 9.10. The average molecular weight is 338 g/mol. The molecule has 1 N–H and O–H groups in total. The van der Waals surface area contributed by atoms with E-state index in [0.29, 0.717) is 29.3 Å². The molecule has 2 heterocycles. The molecule has 0 saturated carbocycles. The van der Waals surface area contributed by atoms with E-state index in [1.54, 1.807) is 31.2 Å². The monoisotopic (exact) mass is 338 g/mol. The van der Waals surface area contributed by atoms with E-state index >= 15 is 0 Å². The van der Waals surface area contributed by atoms with Crippen LogP contribution in [-0.2, 0) is 10.0 Å². The highest BCUT2D eigenvalue weighted by molar-refractivity contribution is 7.93. The topological polar surface area (TPSA) is 92.3 Å². The number of aryl methyl sites for hydroxylation is 1. The van der Waals surface area contributed by atoms with Gasteiger partial charge in [0.15, 0.2) is 0 Å². The van der Waals surface area contributed by atoms with E-state index in [0.717, 1.165) is 5.01 Å². The molecule has 1 amide bonds. The van der Waals surface area contributed by atoms with Gasteiger partial charge in [0.2, 0.25) is 15.2 Å². The van der Waals surface area contributed by atoms with Crippen molar-refractivity contribution in [3.05, 3.63) is 34.8 Å². The first kappa shape index (κ1) is 14.9. The zero-order valence-corrected chi connectivity index (χ0v) is 13.4. The van der Waals surface area contributed by atoms with Gasteiger partial charge in [-0.05, 0) is 31.5 Å². The lowest BCUT2D eigenvalue weighted by atomic mass is 10.2. The third kappa shape index (κ3) is 2.95. The zero-order valence-electron chi connectivity index (χ0n) is 11.8. The van der Waals surface area contributed by atoms with Crippen LogP contribution in [0, 0.1) is 6.92 Å². The third-order valence-electron chi connectivity index (χ3n) is 3.24. The van der Waals surface area contributed by atoms with Gasteiger partial charge < -0.3 is 0 Å². The summed E-state index contributed by atoms with van der Waals surface area (Å²) in [6.45, 7) is 2.25. The summed E-state index contributed by atoms with van der Waals surface area (Å²) in [6, 6.07) is 6.57. The fourth-order valence-electron chi connectivity index (χ4n) is 2.25. The van der Waals surface area contributed by atoms with E-state index in [1.165, 1.54) is 15.6 Å². The van der Waals surface area contributed by atoms with Crippen LogP contribution in [0.5, 0.6) is 0 Å². The van der Waals surface area contributed by atoms with Crippen LogP contribution in [0.15, 0.2) is 24.3 Å². The number of rotatable bonds is 3. The molecule has 0 unspecified atom stereocenters. The van der Waals surface area contributed by atoms with Crippen LogP contribution in [0.1, 0.15) is 21.8 Å². The highest BCUT2D eigenvalue weighted by Gasteiger charge is 2.28. The van der Waals surface area contributed by atoms with Crippen molar-refractivity contribution >= 4 is 38.1 Å².